The lowest BCUT2D eigenvalue weighted by atomic mass is 10.2. The van der Waals surface area contributed by atoms with Gasteiger partial charge in [0.15, 0.2) is 0 Å². The first-order valence-corrected chi connectivity index (χ1v) is 8.99. The van der Waals surface area contributed by atoms with E-state index in [0.717, 1.165) is 0 Å². The molecule has 0 aromatic heterocycles. The third kappa shape index (κ3) is 4.61. The topological polar surface area (TPSA) is 78.5 Å². The number of rotatable bonds is 5. The monoisotopic (exact) mass is 387 g/mol. The number of nitrogens with zero attached hydrogens (tertiary/aromatic N) is 1. The Bertz CT molecular complexity index is 853. The fourth-order valence-electron chi connectivity index (χ4n) is 1.85. The molecule has 0 aliphatic carbocycles. The third-order valence-electron chi connectivity index (χ3n) is 2.91. The Labute approximate surface area is 150 Å². The second-order valence-corrected chi connectivity index (χ2v) is 7.59. The summed E-state index contributed by atoms with van der Waals surface area (Å²) < 4.78 is 27.2. The van der Waals surface area contributed by atoms with Gasteiger partial charge in [-0.05, 0) is 42.5 Å². The molecule has 0 atom stereocenters. The van der Waals surface area contributed by atoms with Crippen molar-refractivity contribution in [3.05, 3.63) is 58.1 Å². The Morgan fingerprint density at radius 3 is 2.25 bits per heavy atom. The molecule has 2 aromatic rings. The first-order chi connectivity index (χ1) is 11.2. The minimum atomic E-state index is -3.89. The largest absolute Gasteiger partial charge is 0.285 e. The van der Waals surface area contributed by atoms with Crippen LogP contribution < -0.4 is 10.1 Å². The average molecular weight is 388 g/mol. The van der Waals surface area contributed by atoms with Crippen LogP contribution in [0.4, 0.5) is 5.69 Å². The van der Waals surface area contributed by atoms with Gasteiger partial charge >= 0.3 is 0 Å². The number of carbonyl (C=O) groups is 1. The highest BCUT2D eigenvalue weighted by Gasteiger charge is 2.19. The summed E-state index contributed by atoms with van der Waals surface area (Å²) in [6.07, 6.45) is 0. The fourth-order valence-corrected chi connectivity index (χ4v) is 3.67. The minimum Gasteiger partial charge on any atom is -0.285 e. The van der Waals surface area contributed by atoms with Gasteiger partial charge < -0.3 is 0 Å². The molecular formula is C15H15Cl2N3O3S. The van der Waals surface area contributed by atoms with Crippen molar-refractivity contribution >= 4 is 44.8 Å². The van der Waals surface area contributed by atoms with Crippen molar-refractivity contribution in [1.82, 2.24) is 10.4 Å². The smallest absolute Gasteiger partial charge is 0.265 e. The minimum absolute atomic E-state index is 0.0638. The lowest BCUT2D eigenvalue weighted by Crippen LogP contribution is -2.36. The maximum atomic E-state index is 12.4. The molecule has 2 rings (SSSR count). The second-order valence-electron chi connectivity index (χ2n) is 5.09. The summed E-state index contributed by atoms with van der Waals surface area (Å²) in [6, 6.07) is 10.2. The number of carbonyl (C=O) groups excluding carboxylic acids is 1. The lowest BCUT2D eigenvalue weighted by Gasteiger charge is -2.13. The number of halogens is 2. The molecule has 0 saturated carbocycles. The van der Waals surface area contributed by atoms with Crippen LogP contribution in [0.25, 0.3) is 0 Å². The number of anilines is 1. The number of hydrazine groups is 1. The van der Waals surface area contributed by atoms with Crippen LogP contribution in [0.3, 0.4) is 0 Å². The molecule has 0 saturated heterocycles. The molecule has 0 aliphatic rings. The molecule has 2 aromatic carbocycles. The van der Waals surface area contributed by atoms with E-state index >= 15 is 0 Å². The van der Waals surface area contributed by atoms with Gasteiger partial charge in [-0.2, -0.15) is 0 Å². The quantitative estimate of drug-likeness (QED) is 0.772. The molecule has 0 bridgehead atoms. The van der Waals surface area contributed by atoms with Gasteiger partial charge in [0.1, 0.15) is 4.90 Å². The van der Waals surface area contributed by atoms with Gasteiger partial charge in [0.2, 0.25) is 0 Å². The lowest BCUT2D eigenvalue weighted by molar-refractivity contribution is 0.0857. The number of hydrogen-bond acceptors (Lipinski definition) is 4. The van der Waals surface area contributed by atoms with Gasteiger partial charge in [-0.3, -0.25) is 14.9 Å². The molecule has 0 spiro atoms. The Balaban J connectivity index is 2.21. The summed E-state index contributed by atoms with van der Waals surface area (Å²) in [5.74, 6) is -0.299. The standard InChI is InChI=1S/C15H15Cl2N3O3S/c1-20(2)18-15(21)10-3-6-12(7-4-10)19-24(22,23)14-9-11(16)5-8-13(14)17/h3-9,19H,1-2H3,(H,18,21). The van der Waals surface area contributed by atoms with Crippen molar-refractivity contribution in [1.29, 1.82) is 0 Å². The molecule has 6 nitrogen and oxygen atoms in total. The molecular weight excluding hydrogens is 373 g/mol. The van der Waals surface area contributed by atoms with Crippen molar-refractivity contribution in [2.24, 2.45) is 0 Å². The highest BCUT2D eigenvalue weighted by atomic mass is 35.5. The van der Waals surface area contributed by atoms with Crippen LogP contribution >= 0.6 is 23.2 Å². The summed E-state index contributed by atoms with van der Waals surface area (Å²) in [6.45, 7) is 0. The SMILES string of the molecule is CN(C)NC(=O)c1ccc(NS(=O)(=O)c2cc(Cl)ccc2Cl)cc1. The summed E-state index contributed by atoms with van der Waals surface area (Å²) in [7, 11) is -0.515. The molecule has 0 unspecified atom stereocenters. The molecule has 128 valence electrons. The predicted molar refractivity (Wildman–Crippen MR) is 94.9 cm³/mol. The van der Waals surface area contributed by atoms with Crippen molar-refractivity contribution in [2.75, 3.05) is 18.8 Å². The predicted octanol–water partition coefficient (Wildman–Crippen LogP) is 3.00. The number of nitrogens with one attached hydrogen (secondary N) is 2. The van der Waals surface area contributed by atoms with Gasteiger partial charge in [-0.25, -0.2) is 13.4 Å². The van der Waals surface area contributed by atoms with Crippen LogP contribution in [0.2, 0.25) is 10.0 Å². The van der Waals surface area contributed by atoms with Crippen LogP contribution in [-0.2, 0) is 10.0 Å². The Morgan fingerprint density at radius 2 is 1.67 bits per heavy atom. The molecule has 0 radical (unpaired) electrons. The molecule has 0 aliphatic heterocycles. The normalized spacial score (nSPS) is 11.4. The Kier molecular flexibility index (Phi) is 5.71. The molecule has 24 heavy (non-hydrogen) atoms. The second kappa shape index (κ2) is 7.40. The average Bonchev–Trinajstić information content (AvgIpc) is 2.49. The summed E-state index contributed by atoms with van der Waals surface area (Å²) >= 11 is 11.8. The summed E-state index contributed by atoms with van der Waals surface area (Å²) in [5, 5.41) is 1.84. The van der Waals surface area contributed by atoms with Crippen molar-refractivity contribution < 1.29 is 13.2 Å². The first-order valence-electron chi connectivity index (χ1n) is 6.75. The van der Waals surface area contributed by atoms with Crippen LogP contribution in [0.15, 0.2) is 47.4 Å². The van der Waals surface area contributed by atoms with E-state index in [-0.39, 0.29) is 20.8 Å². The van der Waals surface area contributed by atoms with Gasteiger partial charge in [0.25, 0.3) is 15.9 Å². The number of sulfonamides is 1. The highest BCUT2D eigenvalue weighted by Crippen LogP contribution is 2.26. The van der Waals surface area contributed by atoms with E-state index < -0.39 is 10.0 Å². The molecule has 0 fully saturated rings. The van der Waals surface area contributed by atoms with Crippen LogP contribution in [-0.4, -0.2) is 33.4 Å². The number of benzene rings is 2. The Hall–Kier alpha value is -1.80. The zero-order valence-corrected chi connectivity index (χ0v) is 15.2. The highest BCUT2D eigenvalue weighted by molar-refractivity contribution is 7.92. The van der Waals surface area contributed by atoms with Crippen LogP contribution in [0.5, 0.6) is 0 Å². The van der Waals surface area contributed by atoms with E-state index in [1.54, 1.807) is 14.1 Å². The zero-order valence-electron chi connectivity index (χ0n) is 12.9. The van der Waals surface area contributed by atoms with Crippen LogP contribution in [0, 0.1) is 0 Å². The maximum absolute atomic E-state index is 12.4. The van der Waals surface area contributed by atoms with Crippen molar-refractivity contribution in [3.63, 3.8) is 0 Å². The molecule has 9 heteroatoms. The molecule has 1 amide bonds. The molecule has 2 N–H and O–H groups in total. The van der Waals surface area contributed by atoms with Gasteiger partial charge in [-0.1, -0.05) is 23.2 Å². The van der Waals surface area contributed by atoms with Crippen molar-refractivity contribution in [3.8, 4) is 0 Å². The fraction of sp³-hybridized carbons (Fsp3) is 0.133. The summed E-state index contributed by atoms with van der Waals surface area (Å²) in [5.41, 5.74) is 3.28. The number of hydrogen-bond donors (Lipinski definition) is 2. The van der Waals surface area contributed by atoms with E-state index in [1.807, 2.05) is 0 Å². The van der Waals surface area contributed by atoms with Gasteiger partial charge in [0.05, 0.1) is 5.02 Å². The van der Waals surface area contributed by atoms with E-state index in [9.17, 15) is 13.2 Å². The van der Waals surface area contributed by atoms with Crippen molar-refractivity contribution in [2.45, 2.75) is 4.90 Å². The van der Waals surface area contributed by atoms with E-state index in [2.05, 4.69) is 10.1 Å². The van der Waals surface area contributed by atoms with E-state index in [0.29, 0.717) is 11.3 Å². The third-order valence-corrected chi connectivity index (χ3v) is 5.01. The van der Waals surface area contributed by atoms with Gasteiger partial charge in [-0.15, -0.1) is 0 Å². The molecule has 0 heterocycles. The van der Waals surface area contributed by atoms with E-state index in [1.165, 1.54) is 47.5 Å². The Morgan fingerprint density at radius 1 is 1.04 bits per heavy atom. The maximum Gasteiger partial charge on any atom is 0.265 e. The number of amides is 1. The van der Waals surface area contributed by atoms with Gasteiger partial charge in [0, 0.05) is 30.4 Å². The first kappa shape index (κ1) is 18.5. The van der Waals surface area contributed by atoms with E-state index in [4.69, 9.17) is 23.2 Å². The zero-order chi connectivity index (χ0) is 17.9. The van der Waals surface area contributed by atoms with Crippen LogP contribution in [0.1, 0.15) is 10.4 Å². The summed E-state index contributed by atoms with van der Waals surface area (Å²) in [4.78, 5) is 11.7.